The van der Waals surface area contributed by atoms with Crippen LogP contribution in [0.1, 0.15) is 18.9 Å². The van der Waals surface area contributed by atoms with E-state index >= 15 is 0 Å². The first-order chi connectivity index (χ1) is 6.18. The predicted molar refractivity (Wildman–Crippen MR) is 58.7 cm³/mol. The van der Waals surface area contributed by atoms with Gasteiger partial charge in [-0.05, 0) is 35.9 Å². The van der Waals surface area contributed by atoms with Crippen molar-refractivity contribution in [2.75, 3.05) is 6.54 Å². The van der Waals surface area contributed by atoms with Crippen LogP contribution in [0, 0.1) is 5.92 Å². The standard InChI is InChI=1S/C11H14BrN/c1-11(6-8(11)7-13)9-4-2-3-5-10(9)12/h2-5,8H,6-7,13H2,1H3. The molecule has 13 heavy (non-hydrogen) atoms. The van der Waals surface area contributed by atoms with Crippen LogP contribution in [0.25, 0.3) is 0 Å². The molecule has 1 nitrogen and oxygen atoms in total. The van der Waals surface area contributed by atoms with Gasteiger partial charge in [-0.2, -0.15) is 0 Å². The van der Waals surface area contributed by atoms with E-state index in [1.54, 1.807) is 0 Å². The van der Waals surface area contributed by atoms with Gasteiger partial charge in [-0.25, -0.2) is 0 Å². The minimum atomic E-state index is 0.328. The lowest BCUT2D eigenvalue weighted by Crippen LogP contribution is -2.12. The fourth-order valence-electron chi connectivity index (χ4n) is 2.05. The van der Waals surface area contributed by atoms with Gasteiger partial charge in [0.1, 0.15) is 0 Å². The van der Waals surface area contributed by atoms with Crippen molar-refractivity contribution in [1.29, 1.82) is 0 Å². The summed E-state index contributed by atoms with van der Waals surface area (Å²) in [4.78, 5) is 0. The zero-order chi connectivity index (χ0) is 9.47. The fourth-order valence-corrected chi connectivity index (χ4v) is 2.79. The Morgan fingerprint density at radius 3 is 2.77 bits per heavy atom. The quantitative estimate of drug-likeness (QED) is 0.844. The lowest BCUT2D eigenvalue weighted by atomic mass is 9.96. The Bertz CT molecular complexity index is 324. The van der Waals surface area contributed by atoms with Crippen molar-refractivity contribution in [3.63, 3.8) is 0 Å². The summed E-state index contributed by atoms with van der Waals surface area (Å²) in [6, 6.07) is 8.44. The van der Waals surface area contributed by atoms with Crippen molar-refractivity contribution < 1.29 is 0 Å². The van der Waals surface area contributed by atoms with E-state index in [1.807, 2.05) is 0 Å². The van der Waals surface area contributed by atoms with Crippen molar-refractivity contribution in [1.82, 2.24) is 0 Å². The SMILES string of the molecule is CC1(c2ccccc2Br)CC1CN. The molecule has 1 saturated carbocycles. The second-order valence-electron chi connectivity index (χ2n) is 4.03. The van der Waals surface area contributed by atoms with Gasteiger partial charge in [0.05, 0.1) is 0 Å². The zero-order valence-corrected chi connectivity index (χ0v) is 9.34. The molecule has 2 atom stereocenters. The Morgan fingerprint density at radius 1 is 1.54 bits per heavy atom. The minimum Gasteiger partial charge on any atom is -0.330 e. The van der Waals surface area contributed by atoms with Gasteiger partial charge in [0.15, 0.2) is 0 Å². The Labute approximate surface area is 87.5 Å². The summed E-state index contributed by atoms with van der Waals surface area (Å²) in [5, 5.41) is 0. The highest BCUT2D eigenvalue weighted by molar-refractivity contribution is 9.10. The Kier molecular flexibility index (Phi) is 2.20. The maximum absolute atomic E-state index is 5.68. The lowest BCUT2D eigenvalue weighted by molar-refractivity contribution is 0.663. The van der Waals surface area contributed by atoms with E-state index in [9.17, 15) is 0 Å². The summed E-state index contributed by atoms with van der Waals surface area (Å²) in [6.07, 6.45) is 1.23. The van der Waals surface area contributed by atoms with E-state index in [2.05, 4.69) is 47.1 Å². The topological polar surface area (TPSA) is 26.0 Å². The average molecular weight is 240 g/mol. The molecule has 1 fully saturated rings. The third kappa shape index (κ3) is 1.42. The summed E-state index contributed by atoms with van der Waals surface area (Å²) in [6.45, 7) is 3.10. The Morgan fingerprint density at radius 2 is 2.23 bits per heavy atom. The van der Waals surface area contributed by atoms with Gasteiger partial charge in [0, 0.05) is 4.47 Å². The molecule has 0 bridgehead atoms. The molecule has 1 aliphatic rings. The molecule has 0 aliphatic heterocycles. The third-order valence-corrected chi connectivity index (χ3v) is 3.88. The number of nitrogens with two attached hydrogens (primary N) is 1. The molecule has 1 aromatic carbocycles. The van der Waals surface area contributed by atoms with Crippen LogP contribution < -0.4 is 5.73 Å². The highest BCUT2D eigenvalue weighted by atomic mass is 79.9. The predicted octanol–water partition coefficient (Wildman–Crippen LogP) is 2.69. The Balaban J connectivity index is 2.32. The average Bonchev–Trinajstić information content (AvgIpc) is 2.79. The van der Waals surface area contributed by atoms with Crippen molar-refractivity contribution in [3.8, 4) is 0 Å². The fraction of sp³-hybridized carbons (Fsp3) is 0.455. The summed E-state index contributed by atoms with van der Waals surface area (Å²) in [7, 11) is 0. The number of hydrogen-bond acceptors (Lipinski definition) is 1. The van der Waals surface area contributed by atoms with Crippen LogP contribution in [-0.4, -0.2) is 6.54 Å². The highest BCUT2D eigenvalue weighted by Crippen LogP contribution is 2.54. The smallest absolute Gasteiger partial charge is 0.0212 e. The van der Waals surface area contributed by atoms with Crippen LogP contribution in [0.2, 0.25) is 0 Å². The first kappa shape index (κ1) is 9.22. The lowest BCUT2D eigenvalue weighted by Gasteiger charge is -2.12. The summed E-state index contributed by atoms with van der Waals surface area (Å²) < 4.78 is 1.22. The molecule has 1 aromatic rings. The number of halogens is 1. The molecule has 70 valence electrons. The van der Waals surface area contributed by atoms with E-state index in [-0.39, 0.29) is 0 Å². The molecule has 2 rings (SSSR count). The van der Waals surface area contributed by atoms with Crippen molar-refractivity contribution in [2.45, 2.75) is 18.8 Å². The summed E-state index contributed by atoms with van der Waals surface area (Å²) in [5.41, 5.74) is 7.42. The number of rotatable bonds is 2. The van der Waals surface area contributed by atoms with Crippen molar-refractivity contribution >= 4 is 15.9 Å². The van der Waals surface area contributed by atoms with E-state index in [0.29, 0.717) is 11.3 Å². The molecule has 0 saturated heterocycles. The van der Waals surface area contributed by atoms with Gasteiger partial charge < -0.3 is 5.73 Å². The molecule has 0 aromatic heterocycles. The van der Waals surface area contributed by atoms with Crippen LogP contribution in [0.4, 0.5) is 0 Å². The van der Waals surface area contributed by atoms with Crippen LogP contribution in [-0.2, 0) is 5.41 Å². The van der Waals surface area contributed by atoms with Gasteiger partial charge in [0.2, 0.25) is 0 Å². The van der Waals surface area contributed by atoms with Crippen molar-refractivity contribution in [2.24, 2.45) is 11.7 Å². The second kappa shape index (κ2) is 3.10. The van der Waals surface area contributed by atoms with Gasteiger partial charge in [-0.15, -0.1) is 0 Å². The first-order valence-electron chi connectivity index (χ1n) is 4.63. The highest BCUT2D eigenvalue weighted by Gasteiger charge is 2.50. The second-order valence-corrected chi connectivity index (χ2v) is 4.89. The van der Waals surface area contributed by atoms with Gasteiger partial charge in [-0.1, -0.05) is 41.1 Å². The number of benzene rings is 1. The van der Waals surface area contributed by atoms with E-state index in [4.69, 9.17) is 5.73 Å². The summed E-state index contributed by atoms with van der Waals surface area (Å²) in [5.74, 6) is 0.672. The molecule has 2 N–H and O–H groups in total. The molecule has 0 radical (unpaired) electrons. The van der Waals surface area contributed by atoms with Crippen LogP contribution in [0.15, 0.2) is 28.7 Å². The van der Waals surface area contributed by atoms with E-state index in [0.717, 1.165) is 6.54 Å². The maximum Gasteiger partial charge on any atom is 0.0212 e. The number of hydrogen-bond donors (Lipinski definition) is 1. The minimum absolute atomic E-state index is 0.328. The third-order valence-electron chi connectivity index (χ3n) is 3.19. The monoisotopic (exact) mass is 239 g/mol. The van der Waals surface area contributed by atoms with E-state index < -0.39 is 0 Å². The van der Waals surface area contributed by atoms with E-state index in [1.165, 1.54) is 16.5 Å². The van der Waals surface area contributed by atoms with Gasteiger partial charge >= 0.3 is 0 Å². The molecule has 1 aliphatic carbocycles. The largest absolute Gasteiger partial charge is 0.330 e. The summed E-state index contributed by atoms with van der Waals surface area (Å²) >= 11 is 3.59. The van der Waals surface area contributed by atoms with Crippen molar-refractivity contribution in [3.05, 3.63) is 34.3 Å². The van der Waals surface area contributed by atoms with Gasteiger partial charge in [-0.3, -0.25) is 0 Å². The van der Waals surface area contributed by atoms with Crippen LogP contribution in [0.3, 0.4) is 0 Å². The molecule has 0 spiro atoms. The molecule has 2 heteroatoms. The van der Waals surface area contributed by atoms with Gasteiger partial charge in [0.25, 0.3) is 0 Å². The van der Waals surface area contributed by atoms with Crippen LogP contribution in [0.5, 0.6) is 0 Å². The maximum atomic E-state index is 5.68. The normalized spacial score (nSPS) is 31.8. The zero-order valence-electron chi connectivity index (χ0n) is 7.76. The molecule has 0 amide bonds. The molecular weight excluding hydrogens is 226 g/mol. The van der Waals surface area contributed by atoms with Crippen LogP contribution >= 0.6 is 15.9 Å². The molecular formula is C11H14BrN. The first-order valence-corrected chi connectivity index (χ1v) is 5.43. The Hall–Kier alpha value is -0.340. The molecule has 2 unspecified atom stereocenters. The molecule has 0 heterocycles.